The van der Waals surface area contributed by atoms with E-state index in [1.807, 2.05) is 14.1 Å². The fourth-order valence-corrected chi connectivity index (χ4v) is 3.76. The van der Waals surface area contributed by atoms with Crippen LogP contribution >= 0.6 is 0 Å². The van der Waals surface area contributed by atoms with Gasteiger partial charge in [-0.2, -0.15) is 0 Å². The Balaban J connectivity index is 1.83. The maximum atomic E-state index is 11.3. The lowest BCUT2D eigenvalue weighted by Crippen LogP contribution is -2.37. The van der Waals surface area contributed by atoms with Crippen LogP contribution < -0.4 is 10.2 Å². The second-order valence-electron chi connectivity index (χ2n) is 5.37. The largest absolute Gasteiger partial charge is 0.378 e. The normalized spacial score (nSPS) is 19.3. The quantitative estimate of drug-likeness (QED) is 0.907. The van der Waals surface area contributed by atoms with Crippen molar-refractivity contribution in [3.63, 3.8) is 0 Å². The molecule has 1 aliphatic heterocycles. The molecule has 1 heterocycles. The highest BCUT2D eigenvalue weighted by molar-refractivity contribution is 7.91. The molecule has 0 atom stereocenters. The average Bonchev–Trinajstić information content (AvgIpc) is 2.38. The first-order chi connectivity index (χ1) is 8.96. The van der Waals surface area contributed by atoms with E-state index >= 15 is 0 Å². The zero-order chi connectivity index (χ0) is 13.9. The number of sulfone groups is 1. The van der Waals surface area contributed by atoms with Gasteiger partial charge in [0.2, 0.25) is 0 Å². The zero-order valence-electron chi connectivity index (χ0n) is 11.6. The van der Waals surface area contributed by atoms with E-state index in [-0.39, 0.29) is 0 Å². The first kappa shape index (κ1) is 14.3. The molecule has 106 valence electrons. The zero-order valence-corrected chi connectivity index (χ0v) is 12.4. The van der Waals surface area contributed by atoms with Crippen molar-refractivity contribution in [2.45, 2.75) is 25.4 Å². The smallest absolute Gasteiger partial charge is 0.150 e. The van der Waals surface area contributed by atoms with Gasteiger partial charge in [0.15, 0.2) is 0 Å². The fourth-order valence-electron chi connectivity index (χ4n) is 2.27. The van der Waals surface area contributed by atoms with E-state index in [0.29, 0.717) is 17.5 Å². The van der Waals surface area contributed by atoms with Crippen molar-refractivity contribution in [2.24, 2.45) is 0 Å². The maximum absolute atomic E-state index is 11.3. The van der Waals surface area contributed by atoms with Gasteiger partial charge < -0.3 is 10.2 Å². The molecule has 1 aromatic carbocycles. The molecule has 0 aromatic heterocycles. The van der Waals surface area contributed by atoms with Crippen molar-refractivity contribution >= 4 is 15.5 Å². The van der Waals surface area contributed by atoms with Gasteiger partial charge in [0, 0.05) is 32.4 Å². The lowest BCUT2D eigenvalue weighted by molar-refractivity contribution is 0.463. The number of rotatable bonds is 4. The van der Waals surface area contributed by atoms with Crippen molar-refractivity contribution in [1.29, 1.82) is 0 Å². The minimum atomic E-state index is -2.76. The van der Waals surface area contributed by atoms with Gasteiger partial charge in [-0.15, -0.1) is 0 Å². The Morgan fingerprint density at radius 2 is 1.74 bits per heavy atom. The van der Waals surface area contributed by atoms with Crippen LogP contribution in [0.15, 0.2) is 24.3 Å². The minimum absolute atomic E-state index is 0.324. The summed E-state index contributed by atoms with van der Waals surface area (Å²) in [7, 11) is 1.29. The third-order valence-corrected chi connectivity index (χ3v) is 5.32. The lowest BCUT2D eigenvalue weighted by Gasteiger charge is -2.23. The van der Waals surface area contributed by atoms with Gasteiger partial charge >= 0.3 is 0 Å². The van der Waals surface area contributed by atoms with Gasteiger partial charge in [0.25, 0.3) is 0 Å². The van der Waals surface area contributed by atoms with E-state index in [1.54, 1.807) is 0 Å². The van der Waals surface area contributed by atoms with Crippen molar-refractivity contribution in [1.82, 2.24) is 5.32 Å². The highest BCUT2D eigenvalue weighted by atomic mass is 32.2. The third kappa shape index (κ3) is 4.21. The number of benzene rings is 1. The van der Waals surface area contributed by atoms with Crippen LogP contribution in [0.5, 0.6) is 0 Å². The summed E-state index contributed by atoms with van der Waals surface area (Å²) in [6.07, 6.45) is 1.47. The molecule has 0 spiro atoms. The molecule has 0 radical (unpaired) electrons. The van der Waals surface area contributed by atoms with Crippen molar-refractivity contribution in [3.8, 4) is 0 Å². The van der Waals surface area contributed by atoms with Gasteiger partial charge in [-0.05, 0) is 30.5 Å². The third-order valence-electron chi connectivity index (χ3n) is 3.60. The van der Waals surface area contributed by atoms with Crippen molar-refractivity contribution in [2.75, 3.05) is 30.5 Å². The second kappa shape index (κ2) is 5.92. The van der Waals surface area contributed by atoms with Crippen LogP contribution in [-0.2, 0) is 16.4 Å². The number of hydrogen-bond acceptors (Lipinski definition) is 4. The van der Waals surface area contributed by atoms with Gasteiger partial charge in [0.1, 0.15) is 9.84 Å². The topological polar surface area (TPSA) is 49.4 Å². The van der Waals surface area contributed by atoms with E-state index in [2.05, 4.69) is 34.5 Å². The van der Waals surface area contributed by atoms with Gasteiger partial charge in [0.05, 0.1) is 11.5 Å². The van der Waals surface area contributed by atoms with E-state index < -0.39 is 9.84 Å². The Labute approximate surface area is 115 Å². The molecule has 1 saturated heterocycles. The molecule has 4 nitrogen and oxygen atoms in total. The van der Waals surface area contributed by atoms with Crippen LogP contribution in [0.4, 0.5) is 5.69 Å². The summed E-state index contributed by atoms with van der Waals surface area (Å²) < 4.78 is 22.7. The highest BCUT2D eigenvalue weighted by Gasteiger charge is 2.22. The predicted octanol–water partition coefficient (Wildman–Crippen LogP) is 1.42. The summed E-state index contributed by atoms with van der Waals surface area (Å²) in [5.74, 6) is 0.647. The first-order valence-electron chi connectivity index (χ1n) is 6.66. The SMILES string of the molecule is CN(C)c1ccc(CNC2CCS(=O)(=O)CC2)cc1. The Morgan fingerprint density at radius 1 is 1.16 bits per heavy atom. The van der Waals surface area contributed by atoms with E-state index in [0.717, 1.165) is 19.4 Å². The summed E-state index contributed by atoms with van der Waals surface area (Å²) in [5.41, 5.74) is 2.42. The number of nitrogens with one attached hydrogen (secondary N) is 1. The second-order valence-corrected chi connectivity index (χ2v) is 7.67. The maximum Gasteiger partial charge on any atom is 0.150 e. The summed E-state index contributed by atoms with van der Waals surface area (Å²) in [5, 5.41) is 3.45. The van der Waals surface area contributed by atoms with Crippen LogP contribution in [0.25, 0.3) is 0 Å². The molecule has 0 amide bonds. The predicted molar refractivity (Wildman–Crippen MR) is 79.3 cm³/mol. The summed E-state index contributed by atoms with van der Waals surface area (Å²) in [6, 6.07) is 8.76. The van der Waals surface area contributed by atoms with Crippen LogP contribution in [-0.4, -0.2) is 40.1 Å². The van der Waals surface area contributed by atoms with Crippen LogP contribution in [0.3, 0.4) is 0 Å². The van der Waals surface area contributed by atoms with E-state index in [4.69, 9.17) is 0 Å². The molecular weight excluding hydrogens is 260 g/mol. The number of anilines is 1. The molecule has 1 N–H and O–H groups in total. The van der Waals surface area contributed by atoms with E-state index in [9.17, 15) is 8.42 Å². The number of nitrogens with zero attached hydrogens (tertiary/aromatic N) is 1. The Bertz CT molecular complexity index is 495. The monoisotopic (exact) mass is 282 g/mol. The van der Waals surface area contributed by atoms with Gasteiger partial charge in [-0.25, -0.2) is 8.42 Å². The Hall–Kier alpha value is -1.07. The lowest BCUT2D eigenvalue weighted by atomic mass is 10.1. The van der Waals surface area contributed by atoms with Crippen LogP contribution in [0.1, 0.15) is 18.4 Å². The van der Waals surface area contributed by atoms with Gasteiger partial charge in [-0.3, -0.25) is 0 Å². The van der Waals surface area contributed by atoms with Crippen LogP contribution in [0.2, 0.25) is 0 Å². The molecule has 0 saturated carbocycles. The molecule has 0 aliphatic carbocycles. The molecule has 1 aromatic rings. The van der Waals surface area contributed by atoms with E-state index in [1.165, 1.54) is 11.3 Å². The molecule has 1 aliphatic rings. The molecule has 1 fully saturated rings. The van der Waals surface area contributed by atoms with Crippen LogP contribution in [0, 0.1) is 0 Å². The fraction of sp³-hybridized carbons (Fsp3) is 0.571. The van der Waals surface area contributed by atoms with Gasteiger partial charge in [-0.1, -0.05) is 12.1 Å². The molecule has 0 unspecified atom stereocenters. The van der Waals surface area contributed by atoms with Crippen molar-refractivity contribution < 1.29 is 8.42 Å². The molecule has 19 heavy (non-hydrogen) atoms. The first-order valence-corrected chi connectivity index (χ1v) is 8.48. The Morgan fingerprint density at radius 3 is 2.26 bits per heavy atom. The standard InChI is InChI=1S/C14H22N2O2S/c1-16(2)14-5-3-12(4-6-14)11-15-13-7-9-19(17,18)10-8-13/h3-6,13,15H,7-11H2,1-2H3. The molecule has 2 rings (SSSR count). The summed E-state index contributed by atoms with van der Waals surface area (Å²) in [4.78, 5) is 2.07. The molecular formula is C14H22N2O2S. The minimum Gasteiger partial charge on any atom is -0.378 e. The Kier molecular flexibility index (Phi) is 4.47. The molecule has 5 heteroatoms. The molecule has 0 bridgehead atoms. The average molecular weight is 282 g/mol. The summed E-state index contributed by atoms with van der Waals surface area (Å²) in [6.45, 7) is 0.804. The van der Waals surface area contributed by atoms with Crippen molar-refractivity contribution in [3.05, 3.63) is 29.8 Å². The number of hydrogen-bond donors (Lipinski definition) is 1. The summed E-state index contributed by atoms with van der Waals surface area (Å²) >= 11 is 0. The highest BCUT2D eigenvalue weighted by Crippen LogP contribution is 2.15.